The Kier molecular flexibility index (Phi) is 5.54. The van der Waals surface area contributed by atoms with E-state index in [1.165, 1.54) is 5.01 Å². The number of ether oxygens (including phenoxy) is 1. The van der Waals surface area contributed by atoms with Gasteiger partial charge in [-0.2, -0.15) is 9.97 Å². The number of hydrazine groups is 1. The van der Waals surface area contributed by atoms with Crippen LogP contribution in [0.5, 0.6) is 0 Å². The van der Waals surface area contributed by atoms with Gasteiger partial charge in [0.05, 0.1) is 12.7 Å². The maximum absolute atomic E-state index is 9.19. The molecule has 0 bridgehead atoms. The number of hydrogen-bond donors (Lipinski definition) is 4. The number of nitrogen functional groups attached to an aromatic ring is 1. The lowest BCUT2D eigenvalue weighted by Gasteiger charge is -2.26. The minimum Gasteiger partial charge on any atom is -0.394 e. The number of aliphatic hydroxyl groups excluding tert-OH is 1. The van der Waals surface area contributed by atoms with E-state index >= 15 is 0 Å². The Hall–Kier alpha value is -2.13. The molecule has 0 radical (unpaired) electrons. The van der Waals surface area contributed by atoms with E-state index in [0.29, 0.717) is 36.7 Å². The van der Waals surface area contributed by atoms with Gasteiger partial charge in [-0.3, -0.25) is 5.01 Å². The standard InChI is InChI=1S/C16H21ClN6O2/c17-16-21-14(20-8-10-4-2-1-3-5-10)13(18)15(22-16)23(19)12-7-6-11(9-24)25-12/h1-5,11-12,24H,6-9,18-19H2,(H,20,21,22). The minimum absolute atomic E-state index is 0.0342. The van der Waals surface area contributed by atoms with Crippen molar-refractivity contribution in [1.82, 2.24) is 9.97 Å². The van der Waals surface area contributed by atoms with Gasteiger partial charge in [-0.05, 0) is 30.0 Å². The van der Waals surface area contributed by atoms with E-state index in [1.807, 2.05) is 30.3 Å². The van der Waals surface area contributed by atoms with Gasteiger partial charge in [0.25, 0.3) is 0 Å². The molecular formula is C16H21ClN6O2. The van der Waals surface area contributed by atoms with Gasteiger partial charge >= 0.3 is 0 Å². The number of rotatable bonds is 6. The fourth-order valence-electron chi connectivity index (χ4n) is 2.71. The molecule has 1 aliphatic heterocycles. The van der Waals surface area contributed by atoms with E-state index in [0.717, 1.165) is 5.56 Å². The fourth-order valence-corrected chi connectivity index (χ4v) is 2.87. The Labute approximate surface area is 150 Å². The Balaban J connectivity index is 1.77. The largest absolute Gasteiger partial charge is 0.394 e. The quantitative estimate of drug-likeness (QED) is 0.345. The monoisotopic (exact) mass is 364 g/mol. The van der Waals surface area contributed by atoms with Crippen molar-refractivity contribution in [1.29, 1.82) is 0 Å². The van der Waals surface area contributed by atoms with E-state index in [2.05, 4.69) is 15.3 Å². The van der Waals surface area contributed by atoms with Gasteiger partial charge in [0, 0.05) is 6.54 Å². The summed E-state index contributed by atoms with van der Waals surface area (Å²) in [6, 6.07) is 9.84. The predicted molar refractivity (Wildman–Crippen MR) is 96.9 cm³/mol. The summed E-state index contributed by atoms with van der Waals surface area (Å²) in [5, 5.41) is 13.7. The van der Waals surface area contributed by atoms with Crippen LogP contribution in [0.4, 0.5) is 17.3 Å². The first-order valence-corrected chi connectivity index (χ1v) is 8.37. The molecule has 2 atom stereocenters. The second kappa shape index (κ2) is 7.83. The van der Waals surface area contributed by atoms with Crippen LogP contribution in [0, 0.1) is 0 Å². The summed E-state index contributed by atoms with van der Waals surface area (Å²) in [7, 11) is 0. The predicted octanol–water partition coefficient (Wildman–Crippen LogP) is 1.50. The maximum Gasteiger partial charge on any atom is 0.226 e. The van der Waals surface area contributed by atoms with E-state index in [1.54, 1.807) is 0 Å². The van der Waals surface area contributed by atoms with Crippen molar-refractivity contribution in [2.24, 2.45) is 5.84 Å². The molecule has 6 N–H and O–H groups in total. The maximum atomic E-state index is 9.19. The number of nitrogens with two attached hydrogens (primary N) is 2. The Morgan fingerprint density at radius 3 is 2.72 bits per heavy atom. The zero-order chi connectivity index (χ0) is 17.8. The Bertz CT molecular complexity index is 717. The summed E-state index contributed by atoms with van der Waals surface area (Å²) >= 11 is 6.03. The number of nitrogens with zero attached hydrogens (tertiary/aromatic N) is 3. The zero-order valence-corrected chi connectivity index (χ0v) is 14.4. The first-order valence-electron chi connectivity index (χ1n) is 7.99. The van der Waals surface area contributed by atoms with Gasteiger partial charge in [0.2, 0.25) is 5.28 Å². The molecule has 2 heterocycles. The van der Waals surface area contributed by atoms with Crippen molar-refractivity contribution in [3.05, 3.63) is 41.2 Å². The van der Waals surface area contributed by atoms with E-state index in [-0.39, 0.29) is 18.0 Å². The molecule has 1 aromatic carbocycles. The van der Waals surface area contributed by atoms with Crippen LogP contribution in [0.1, 0.15) is 18.4 Å². The average Bonchev–Trinajstić information content (AvgIpc) is 3.11. The summed E-state index contributed by atoms with van der Waals surface area (Å²) in [5.41, 5.74) is 7.55. The molecular weight excluding hydrogens is 344 g/mol. The molecule has 1 fully saturated rings. The molecule has 3 rings (SSSR count). The molecule has 8 nitrogen and oxygen atoms in total. The van der Waals surface area contributed by atoms with Gasteiger partial charge in [-0.25, -0.2) is 5.84 Å². The molecule has 2 unspecified atom stereocenters. The second-order valence-electron chi connectivity index (χ2n) is 5.80. The van der Waals surface area contributed by atoms with Crippen LogP contribution >= 0.6 is 11.6 Å². The van der Waals surface area contributed by atoms with Crippen molar-refractivity contribution in [2.45, 2.75) is 31.7 Å². The van der Waals surface area contributed by atoms with E-state index in [9.17, 15) is 5.11 Å². The third-order valence-corrected chi connectivity index (χ3v) is 4.21. The van der Waals surface area contributed by atoms with Gasteiger partial charge in [-0.15, -0.1) is 0 Å². The molecule has 0 spiro atoms. The lowest BCUT2D eigenvalue weighted by molar-refractivity contribution is 0.0103. The van der Waals surface area contributed by atoms with Gasteiger partial charge in [-0.1, -0.05) is 30.3 Å². The number of hydrogen-bond acceptors (Lipinski definition) is 8. The van der Waals surface area contributed by atoms with Gasteiger partial charge in [0.1, 0.15) is 11.9 Å². The van der Waals surface area contributed by atoms with Crippen molar-refractivity contribution in [3.63, 3.8) is 0 Å². The summed E-state index contributed by atoms with van der Waals surface area (Å²) in [4.78, 5) is 8.28. The molecule has 1 aliphatic rings. The van der Waals surface area contributed by atoms with Crippen LogP contribution in [-0.4, -0.2) is 34.0 Å². The average molecular weight is 365 g/mol. The van der Waals surface area contributed by atoms with Crippen LogP contribution in [0.2, 0.25) is 5.28 Å². The van der Waals surface area contributed by atoms with Crippen molar-refractivity contribution >= 4 is 28.9 Å². The SMILES string of the molecule is Nc1c(NCc2ccccc2)nc(Cl)nc1N(N)C1CCC(CO)O1. The third kappa shape index (κ3) is 4.10. The number of nitrogens with one attached hydrogen (secondary N) is 1. The van der Waals surface area contributed by atoms with E-state index in [4.69, 9.17) is 27.9 Å². The van der Waals surface area contributed by atoms with Gasteiger partial charge in [0.15, 0.2) is 11.6 Å². The highest BCUT2D eigenvalue weighted by Gasteiger charge is 2.30. The molecule has 134 valence electrons. The Morgan fingerprint density at radius 2 is 2.04 bits per heavy atom. The minimum atomic E-state index is -0.424. The zero-order valence-electron chi connectivity index (χ0n) is 13.6. The number of aliphatic hydroxyl groups is 1. The molecule has 0 saturated carbocycles. The fraction of sp³-hybridized carbons (Fsp3) is 0.375. The highest BCUT2D eigenvalue weighted by atomic mass is 35.5. The Morgan fingerprint density at radius 1 is 1.28 bits per heavy atom. The molecule has 0 aliphatic carbocycles. The van der Waals surface area contributed by atoms with Crippen LogP contribution in [0.15, 0.2) is 30.3 Å². The summed E-state index contributed by atoms with van der Waals surface area (Å²) in [6.07, 6.45) is 0.722. The molecule has 0 amide bonds. The first kappa shape index (κ1) is 17.7. The van der Waals surface area contributed by atoms with Crippen LogP contribution < -0.4 is 21.9 Å². The lowest BCUT2D eigenvalue weighted by atomic mass is 10.2. The normalized spacial score (nSPS) is 19.8. The second-order valence-corrected chi connectivity index (χ2v) is 6.14. The van der Waals surface area contributed by atoms with Crippen LogP contribution in [-0.2, 0) is 11.3 Å². The van der Waals surface area contributed by atoms with Gasteiger partial charge < -0.3 is 20.9 Å². The lowest BCUT2D eigenvalue weighted by Crippen LogP contribution is -2.42. The van der Waals surface area contributed by atoms with E-state index < -0.39 is 6.23 Å². The number of halogens is 1. The molecule has 9 heteroatoms. The van der Waals surface area contributed by atoms with Crippen molar-refractivity contribution < 1.29 is 9.84 Å². The number of aromatic nitrogens is 2. The molecule has 2 aromatic rings. The summed E-state index contributed by atoms with van der Waals surface area (Å²) in [6.45, 7) is 0.489. The third-order valence-electron chi connectivity index (χ3n) is 4.04. The smallest absolute Gasteiger partial charge is 0.226 e. The van der Waals surface area contributed by atoms with Crippen LogP contribution in [0.25, 0.3) is 0 Å². The van der Waals surface area contributed by atoms with Crippen molar-refractivity contribution in [2.75, 3.05) is 22.7 Å². The first-order chi connectivity index (χ1) is 12.1. The summed E-state index contributed by atoms with van der Waals surface area (Å²) < 4.78 is 5.66. The number of benzene rings is 1. The molecule has 25 heavy (non-hydrogen) atoms. The summed E-state index contributed by atoms with van der Waals surface area (Å²) in [5.74, 6) is 6.83. The topological polar surface area (TPSA) is 123 Å². The highest BCUT2D eigenvalue weighted by molar-refractivity contribution is 6.28. The molecule has 1 saturated heterocycles. The molecule has 1 aromatic heterocycles. The van der Waals surface area contributed by atoms with Crippen molar-refractivity contribution in [3.8, 4) is 0 Å². The number of anilines is 3. The highest BCUT2D eigenvalue weighted by Crippen LogP contribution is 2.31. The van der Waals surface area contributed by atoms with Crippen LogP contribution in [0.3, 0.4) is 0 Å².